The van der Waals surface area contributed by atoms with Crippen LogP contribution < -0.4 is 4.90 Å². The molecule has 0 unspecified atom stereocenters. The fourth-order valence-electron chi connectivity index (χ4n) is 2.54. The molecule has 1 aromatic heterocycles. The Labute approximate surface area is 107 Å². The zero-order chi connectivity index (χ0) is 13.2. The van der Waals surface area contributed by atoms with E-state index in [1.54, 1.807) is 6.92 Å². The molecule has 5 nitrogen and oxygen atoms in total. The molecule has 1 aliphatic rings. The Morgan fingerprint density at radius 1 is 1.50 bits per heavy atom. The lowest BCUT2D eigenvalue weighted by atomic mass is 10.0. The predicted octanol–water partition coefficient (Wildman–Crippen LogP) is 1.40. The van der Waals surface area contributed by atoms with Crippen LogP contribution in [0.25, 0.3) is 0 Å². The molecule has 0 saturated heterocycles. The smallest absolute Gasteiger partial charge is 0.150 e. The topological polar surface area (TPSA) is 73.0 Å². The molecule has 0 atom stereocenters. The van der Waals surface area contributed by atoms with E-state index in [0.717, 1.165) is 25.7 Å². The molecular weight excluding hydrogens is 228 g/mol. The van der Waals surface area contributed by atoms with Crippen molar-refractivity contribution < 1.29 is 5.11 Å². The Morgan fingerprint density at radius 3 is 2.78 bits per heavy atom. The molecule has 18 heavy (non-hydrogen) atoms. The fourth-order valence-corrected chi connectivity index (χ4v) is 2.54. The van der Waals surface area contributed by atoms with Gasteiger partial charge in [-0.2, -0.15) is 5.26 Å². The normalized spacial score (nSPS) is 17.4. The van der Waals surface area contributed by atoms with Crippen LogP contribution in [-0.4, -0.2) is 34.3 Å². The summed E-state index contributed by atoms with van der Waals surface area (Å²) in [6, 6.07) is 2.09. The Kier molecular flexibility index (Phi) is 3.48. The van der Waals surface area contributed by atoms with Gasteiger partial charge in [0.1, 0.15) is 23.3 Å². The number of nitriles is 1. The molecule has 5 heteroatoms. The van der Waals surface area contributed by atoms with Crippen LogP contribution in [0.15, 0.2) is 6.20 Å². The molecule has 0 spiro atoms. The first-order chi connectivity index (χ1) is 8.54. The maximum atomic E-state index is 10.4. The zero-order valence-corrected chi connectivity index (χ0v) is 10.8. The molecule has 2 rings (SSSR count). The number of aryl methyl sites for hydroxylation is 1. The summed E-state index contributed by atoms with van der Waals surface area (Å²) in [6.45, 7) is 2.31. The zero-order valence-electron chi connectivity index (χ0n) is 10.8. The highest BCUT2D eigenvalue weighted by Crippen LogP contribution is 2.31. The van der Waals surface area contributed by atoms with Gasteiger partial charge in [-0.25, -0.2) is 9.97 Å². The SMILES string of the molecule is Cc1ncc(C#N)c(N(C)CC2(O)CCCC2)n1. The molecule has 0 aliphatic heterocycles. The van der Waals surface area contributed by atoms with E-state index in [1.807, 2.05) is 11.9 Å². The number of hydrogen-bond acceptors (Lipinski definition) is 5. The summed E-state index contributed by atoms with van der Waals surface area (Å²) in [4.78, 5) is 10.2. The van der Waals surface area contributed by atoms with Crippen LogP contribution in [0.5, 0.6) is 0 Å². The van der Waals surface area contributed by atoms with Gasteiger partial charge < -0.3 is 10.0 Å². The van der Waals surface area contributed by atoms with E-state index >= 15 is 0 Å². The Hall–Kier alpha value is -1.67. The van der Waals surface area contributed by atoms with Gasteiger partial charge in [0.15, 0.2) is 0 Å². The maximum absolute atomic E-state index is 10.4. The van der Waals surface area contributed by atoms with Crippen LogP contribution >= 0.6 is 0 Å². The van der Waals surface area contributed by atoms with Crippen LogP contribution in [0.4, 0.5) is 5.82 Å². The highest BCUT2D eigenvalue weighted by Gasteiger charge is 2.33. The molecule has 1 aromatic rings. The van der Waals surface area contributed by atoms with Crippen molar-refractivity contribution in [1.29, 1.82) is 5.26 Å². The lowest BCUT2D eigenvalue weighted by Crippen LogP contribution is -2.40. The molecular formula is C13H18N4O. The summed E-state index contributed by atoms with van der Waals surface area (Å²) in [5.74, 6) is 1.24. The first-order valence-corrected chi connectivity index (χ1v) is 6.21. The van der Waals surface area contributed by atoms with E-state index in [-0.39, 0.29) is 0 Å². The molecule has 96 valence electrons. The van der Waals surface area contributed by atoms with Gasteiger partial charge in [0.2, 0.25) is 0 Å². The first kappa shape index (κ1) is 12.8. The van der Waals surface area contributed by atoms with E-state index in [0.29, 0.717) is 23.8 Å². The third kappa shape index (κ3) is 2.59. The summed E-state index contributed by atoms with van der Waals surface area (Å²) >= 11 is 0. The Balaban J connectivity index is 2.20. The van der Waals surface area contributed by atoms with Gasteiger partial charge in [0, 0.05) is 13.6 Å². The van der Waals surface area contributed by atoms with Crippen LogP contribution in [0.1, 0.15) is 37.1 Å². The average molecular weight is 246 g/mol. The minimum atomic E-state index is -0.639. The predicted molar refractivity (Wildman–Crippen MR) is 68.2 cm³/mol. The van der Waals surface area contributed by atoms with Crippen molar-refractivity contribution >= 4 is 5.82 Å². The van der Waals surface area contributed by atoms with Gasteiger partial charge >= 0.3 is 0 Å². The molecule has 0 radical (unpaired) electrons. The maximum Gasteiger partial charge on any atom is 0.150 e. The van der Waals surface area contributed by atoms with Crippen molar-refractivity contribution in [2.75, 3.05) is 18.5 Å². The van der Waals surface area contributed by atoms with Crippen LogP contribution in [0.3, 0.4) is 0 Å². The molecule has 1 fully saturated rings. The number of nitrogens with zero attached hydrogens (tertiary/aromatic N) is 4. The number of anilines is 1. The van der Waals surface area contributed by atoms with E-state index < -0.39 is 5.60 Å². The first-order valence-electron chi connectivity index (χ1n) is 6.21. The summed E-state index contributed by atoms with van der Waals surface area (Å²) < 4.78 is 0. The number of rotatable bonds is 3. The minimum absolute atomic E-state index is 0.449. The standard InChI is InChI=1S/C13H18N4O/c1-10-15-8-11(7-14)12(16-10)17(2)9-13(18)5-3-4-6-13/h8,18H,3-6,9H2,1-2H3. The summed E-state index contributed by atoms with van der Waals surface area (Å²) in [7, 11) is 1.86. The van der Waals surface area contributed by atoms with Crippen molar-refractivity contribution in [2.45, 2.75) is 38.2 Å². The summed E-state index contributed by atoms with van der Waals surface area (Å²) in [5, 5.41) is 19.5. The van der Waals surface area contributed by atoms with Gasteiger partial charge in [0.05, 0.1) is 11.8 Å². The van der Waals surface area contributed by atoms with Gasteiger partial charge in [-0.05, 0) is 19.8 Å². The van der Waals surface area contributed by atoms with Crippen LogP contribution in [-0.2, 0) is 0 Å². The molecule has 0 aromatic carbocycles. The lowest BCUT2D eigenvalue weighted by molar-refractivity contribution is 0.0558. The van der Waals surface area contributed by atoms with Crippen molar-refractivity contribution in [3.63, 3.8) is 0 Å². The lowest BCUT2D eigenvalue weighted by Gasteiger charge is -2.29. The number of likely N-dealkylation sites (N-methyl/N-ethyl adjacent to an activating group) is 1. The van der Waals surface area contributed by atoms with E-state index in [2.05, 4.69) is 16.0 Å². The molecule has 1 heterocycles. The highest BCUT2D eigenvalue weighted by molar-refractivity contribution is 5.52. The van der Waals surface area contributed by atoms with E-state index in [9.17, 15) is 5.11 Å². The van der Waals surface area contributed by atoms with Gasteiger partial charge in [-0.3, -0.25) is 0 Å². The molecule has 0 amide bonds. The monoisotopic (exact) mass is 246 g/mol. The summed E-state index contributed by atoms with van der Waals surface area (Å²) in [5.41, 5.74) is -0.190. The second kappa shape index (κ2) is 4.91. The van der Waals surface area contributed by atoms with E-state index in [1.165, 1.54) is 6.20 Å². The number of aliphatic hydroxyl groups is 1. The van der Waals surface area contributed by atoms with Crippen molar-refractivity contribution in [3.05, 3.63) is 17.6 Å². The average Bonchev–Trinajstić information content (AvgIpc) is 2.75. The highest BCUT2D eigenvalue weighted by atomic mass is 16.3. The molecule has 1 aliphatic carbocycles. The van der Waals surface area contributed by atoms with Crippen LogP contribution in [0.2, 0.25) is 0 Å². The van der Waals surface area contributed by atoms with Gasteiger partial charge in [-0.1, -0.05) is 12.8 Å². The molecule has 1 N–H and O–H groups in total. The third-order valence-corrected chi connectivity index (χ3v) is 3.44. The van der Waals surface area contributed by atoms with Crippen LogP contribution in [0, 0.1) is 18.3 Å². The second-order valence-electron chi connectivity index (χ2n) is 5.05. The third-order valence-electron chi connectivity index (χ3n) is 3.44. The number of hydrogen-bond donors (Lipinski definition) is 1. The van der Waals surface area contributed by atoms with Gasteiger partial charge in [0.25, 0.3) is 0 Å². The quantitative estimate of drug-likeness (QED) is 0.872. The Morgan fingerprint density at radius 2 is 2.17 bits per heavy atom. The number of aromatic nitrogens is 2. The van der Waals surface area contributed by atoms with Crippen molar-refractivity contribution in [1.82, 2.24) is 9.97 Å². The largest absolute Gasteiger partial charge is 0.388 e. The summed E-state index contributed by atoms with van der Waals surface area (Å²) in [6.07, 6.45) is 5.32. The fraction of sp³-hybridized carbons (Fsp3) is 0.615. The molecule has 1 saturated carbocycles. The minimum Gasteiger partial charge on any atom is -0.388 e. The molecule has 0 bridgehead atoms. The van der Waals surface area contributed by atoms with Gasteiger partial charge in [-0.15, -0.1) is 0 Å². The second-order valence-corrected chi connectivity index (χ2v) is 5.05. The van der Waals surface area contributed by atoms with Crippen molar-refractivity contribution in [3.8, 4) is 6.07 Å². The van der Waals surface area contributed by atoms with Crippen molar-refractivity contribution in [2.24, 2.45) is 0 Å². The van der Waals surface area contributed by atoms with E-state index in [4.69, 9.17) is 5.26 Å². The Bertz CT molecular complexity index is 474.